The Balaban J connectivity index is 0.000000249. The number of amides is 3. The second kappa shape index (κ2) is 24.2. The van der Waals surface area contributed by atoms with Crippen molar-refractivity contribution in [2.75, 3.05) is 52.5 Å². The van der Waals surface area contributed by atoms with E-state index in [0.717, 1.165) is 5.56 Å². The van der Waals surface area contributed by atoms with Crippen molar-refractivity contribution in [3.8, 4) is 33.8 Å². The maximum absolute atomic E-state index is 15.6. The van der Waals surface area contributed by atoms with Gasteiger partial charge >= 0.3 is 6.09 Å². The average Bonchev–Trinajstić information content (AvgIpc) is 3.33. The topological polar surface area (TPSA) is 126 Å². The van der Waals surface area contributed by atoms with E-state index in [1.54, 1.807) is 121 Å². The van der Waals surface area contributed by atoms with Gasteiger partial charge in [0.05, 0.1) is 35.6 Å². The van der Waals surface area contributed by atoms with E-state index in [4.69, 9.17) is 14.2 Å². The van der Waals surface area contributed by atoms with Crippen LogP contribution in [0, 0.1) is 11.6 Å². The minimum absolute atomic E-state index is 0. The van der Waals surface area contributed by atoms with Crippen molar-refractivity contribution in [3.63, 3.8) is 0 Å². The fourth-order valence-corrected chi connectivity index (χ4v) is 7.57. The number of pyridine rings is 2. The predicted octanol–water partition coefficient (Wildman–Crippen LogP) is 9.25. The molecule has 2 atom stereocenters. The molecular formula is C51H54Cl2F2N6O6. The van der Waals surface area contributed by atoms with E-state index in [9.17, 15) is 14.4 Å². The van der Waals surface area contributed by atoms with Crippen molar-refractivity contribution < 1.29 is 37.4 Å². The fourth-order valence-electron chi connectivity index (χ4n) is 7.57. The highest BCUT2D eigenvalue weighted by Crippen LogP contribution is 2.29. The molecule has 2 saturated heterocycles. The number of carbonyl (C=O) groups excluding carboxylic acids is 3. The lowest BCUT2D eigenvalue weighted by Gasteiger charge is -2.41. The molecule has 2 unspecified atom stereocenters. The van der Waals surface area contributed by atoms with Crippen molar-refractivity contribution in [1.29, 1.82) is 0 Å². The zero-order valence-electron chi connectivity index (χ0n) is 37.4. The molecule has 2 aromatic heterocycles. The lowest BCUT2D eigenvalue weighted by atomic mass is 10.0. The number of hydrogen-bond acceptors (Lipinski definition) is 9. The first-order valence-electron chi connectivity index (χ1n) is 21.5. The number of rotatable bonds is 10. The van der Waals surface area contributed by atoms with Gasteiger partial charge in [-0.25, -0.2) is 13.6 Å². The van der Waals surface area contributed by atoms with E-state index in [-0.39, 0.29) is 74.1 Å². The molecule has 0 spiro atoms. The molecule has 0 bridgehead atoms. The molecule has 2 fully saturated rings. The standard InChI is InChI=1S/C28H30FN3O4.C23H22FN3O2.2ClH/c1-28(2,3)36-27(34)31-15-16-32(21(18-31)19-35-22-11-8-14-30-17-22)26(33)24-13-7-12-23(25(24)29)20-9-5-4-6-10-20;24-22-20(17-6-2-1-3-7-17)9-4-10-21(22)23(28)27-13-12-26-14-18(27)16-29-19-8-5-11-25-15-19;;/h4-14,17,21H,15-16,18-19H2,1-3H3;1-11,15,18,26H,12-14,16H2;2*1H. The number of hydrogen-bond donors (Lipinski definition) is 1. The van der Waals surface area contributed by atoms with Crippen LogP contribution in [-0.4, -0.2) is 113 Å². The van der Waals surface area contributed by atoms with E-state index in [1.165, 1.54) is 6.07 Å². The Morgan fingerprint density at radius 3 is 1.60 bits per heavy atom. The maximum atomic E-state index is 15.6. The predicted molar refractivity (Wildman–Crippen MR) is 258 cm³/mol. The monoisotopic (exact) mass is 954 g/mol. The van der Waals surface area contributed by atoms with Crippen molar-refractivity contribution in [2.45, 2.75) is 38.5 Å². The molecular weight excluding hydrogens is 901 g/mol. The fraction of sp³-hybridized carbons (Fsp3) is 0.275. The van der Waals surface area contributed by atoms with Crippen LogP contribution in [0.4, 0.5) is 13.6 Å². The van der Waals surface area contributed by atoms with Gasteiger partial charge < -0.3 is 34.2 Å². The van der Waals surface area contributed by atoms with Gasteiger partial charge in [-0.3, -0.25) is 19.6 Å². The Morgan fingerprint density at radius 2 is 1.12 bits per heavy atom. The molecule has 0 radical (unpaired) electrons. The van der Waals surface area contributed by atoms with Crippen molar-refractivity contribution in [2.24, 2.45) is 0 Å². The second-order valence-corrected chi connectivity index (χ2v) is 16.5. The maximum Gasteiger partial charge on any atom is 0.410 e. The Hall–Kier alpha value is -6.61. The molecule has 67 heavy (non-hydrogen) atoms. The molecule has 4 heterocycles. The molecule has 4 aromatic carbocycles. The van der Waals surface area contributed by atoms with Gasteiger partial charge in [0.15, 0.2) is 0 Å². The number of nitrogens with zero attached hydrogens (tertiary/aromatic N) is 5. The summed E-state index contributed by atoms with van der Waals surface area (Å²) in [5.41, 5.74) is 1.64. The molecule has 12 nitrogen and oxygen atoms in total. The minimum atomic E-state index is -0.646. The van der Waals surface area contributed by atoms with E-state index in [0.29, 0.717) is 54.4 Å². The average molecular weight is 956 g/mol. The normalized spacial score (nSPS) is 15.7. The van der Waals surface area contributed by atoms with Crippen LogP contribution in [0.5, 0.6) is 11.5 Å². The number of benzene rings is 4. The number of aromatic nitrogens is 2. The molecule has 0 aliphatic carbocycles. The highest BCUT2D eigenvalue weighted by molar-refractivity contribution is 5.97. The third-order valence-corrected chi connectivity index (χ3v) is 10.8. The molecule has 8 rings (SSSR count). The van der Waals surface area contributed by atoms with Crippen LogP contribution in [0.25, 0.3) is 22.3 Å². The second-order valence-electron chi connectivity index (χ2n) is 16.5. The summed E-state index contributed by atoms with van der Waals surface area (Å²) in [4.78, 5) is 52.5. The number of halogens is 4. The summed E-state index contributed by atoms with van der Waals surface area (Å²) in [6.07, 6.45) is 6.05. The largest absolute Gasteiger partial charge is 0.490 e. The van der Waals surface area contributed by atoms with Crippen LogP contribution < -0.4 is 14.8 Å². The molecule has 16 heteroatoms. The summed E-state index contributed by atoms with van der Waals surface area (Å²) in [6.45, 7) is 8.25. The summed E-state index contributed by atoms with van der Waals surface area (Å²) >= 11 is 0. The highest BCUT2D eigenvalue weighted by atomic mass is 35.5. The van der Waals surface area contributed by atoms with Crippen molar-refractivity contribution in [3.05, 3.63) is 169 Å². The molecule has 2 aliphatic rings. The summed E-state index contributed by atoms with van der Waals surface area (Å²) in [7, 11) is 0. The Kier molecular flexibility index (Phi) is 18.6. The number of piperazine rings is 2. The van der Waals surface area contributed by atoms with Crippen LogP contribution >= 0.6 is 24.8 Å². The van der Waals surface area contributed by atoms with E-state index in [1.807, 2.05) is 54.6 Å². The summed E-state index contributed by atoms with van der Waals surface area (Å²) in [5.74, 6) is -0.654. The molecule has 3 amide bonds. The highest BCUT2D eigenvalue weighted by Gasteiger charge is 2.36. The van der Waals surface area contributed by atoms with E-state index < -0.39 is 35.3 Å². The summed E-state index contributed by atoms with van der Waals surface area (Å²) in [5, 5.41) is 3.28. The minimum Gasteiger partial charge on any atom is -0.490 e. The first kappa shape index (κ1) is 51.4. The smallest absolute Gasteiger partial charge is 0.410 e. The lowest BCUT2D eigenvalue weighted by molar-refractivity contribution is -0.00107. The van der Waals surface area contributed by atoms with E-state index in [2.05, 4.69) is 15.3 Å². The Morgan fingerprint density at radius 1 is 0.627 bits per heavy atom. The number of carbonyl (C=O) groups is 3. The van der Waals surface area contributed by atoms with Crippen LogP contribution in [0.15, 0.2) is 146 Å². The van der Waals surface area contributed by atoms with Crippen molar-refractivity contribution >= 4 is 42.7 Å². The third kappa shape index (κ3) is 13.5. The molecule has 352 valence electrons. The number of nitrogens with one attached hydrogen (secondary N) is 1. The third-order valence-electron chi connectivity index (χ3n) is 10.8. The van der Waals surface area contributed by atoms with Crippen LogP contribution in [0.2, 0.25) is 0 Å². The molecule has 6 aromatic rings. The van der Waals surface area contributed by atoms with Gasteiger partial charge in [-0.15, -0.1) is 24.8 Å². The molecule has 0 saturated carbocycles. The van der Waals surface area contributed by atoms with Gasteiger partial charge in [-0.1, -0.05) is 84.9 Å². The van der Waals surface area contributed by atoms with Gasteiger partial charge in [0.2, 0.25) is 0 Å². The summed E-state index contributed by atoms with van der Waals surface area (Å²) < 4.78 is 48.0. The van der Waals surface area contributed by atoms with E-state index >= 15 is 8.78 Å². The van der Waals surface area contributed by atoms with Gasteiger partial charge in [-0.05, 0) is 68.3 Å². The van der Waals surface area contributed by atoms with Gasteiger partial charge in [0.25, 0.3) is 11.8 Å². The molecule has 1 N–H and O–H groups in total. The van der Waals surface area contributed by atoms with Gasteiger partial charge in [-0.2, -0.15) is 0 Å². The van der Waals surface area contributed by atoms with Crippen LogP contribution in [-0.2, 0) is 4.74 Å². The van der Waals surface area contributed by atoms with Crippen molar-refractivity contribution in [1.82, 2.24) is 30.0 Å². The van der Waals surface area contributed by atoms with Crippen LogP contribution in [0.1, 0.15) is 41.5 Å². The van der Waals surface area contributed by atoms with Gasteiger partial charge in [0, 0.05) is 62.8 Å². The zero-order valence-corrected chi connectivity index (χ0v) is 39.1. The number of ether oxygens (including phenoxy) is 3. The molecule has 2 aliphatic heterocycles. The summed E-state index contributed by atoms with van der Waals surface area (Å²) in [6, 6.07) is 34.6. The van der Waals surface area contributed by atoms with Crippen LogP contribution in [0.3, 0.4) is 0 Å². The first-order valence-corrected chi connectivity index (χ1v) is 21.5. The Labute approximate surface area is 402 Å². The quantitative estimate of drug-likeness (QED) is 0.143. The first-order chi connectivity index (χ1) is 31.5. The lowest BCUT2D eigenvalue weighted by Crippen LogP contribution is -2.59. The Bertz CT molecular complexity index is 2530. The van der Waals surface area contributed by atoms with Gasteiger partial charge in [0.1, 0.15) is 41.9 Å². The SMILES string of the molecule is CC(C)(C)OC(=O)N1CCN(C(=O)c2cccc(-c3ccccc3)c2F)C(COc2cccnc2)C1.Cl.Cl.O=C(c1cccc(-c2ccccc2)c1F)N1CCNCC1COc1cccnc1. The zero-order chi connectivity index (χ0) is 45.8.